The molecule has 37 heavy (non-hydrogen) atoms. The molecule has 1 heterocycles. The Morgan fingerprint density at radius 2 is 1.43 bits per heavy atom. The Balaban J connectivity index is 1.40. The van der Waals surface area contributed by atoms with Crippen LogP contribution < -0.4 is 4.74 Å². The lowest BCUT2D eigenvalue weighted by Gasteiger charge is -2.35. The Bertz CT molecular complexity index is 1290. The molecule has 0 radical (unpaired) electrons. The maximum Gasteiger partial charge on any atom is 0.254 e. The highest BCUT2D eigenvalue weighted by Crippen LogP contribution is 2.19. The average Bonchev–Trinajstić information content (AvgIpc) is 2.92. The molecule has 196 valence electrons. The van der Waals surface area contributed by atoms with Crippen molar-refractivity contribution in [1.29, 1.82) is 0 Å². The fourth-order valence-electron chi connectivity index (χ4n) is 4.19. The van der Waals surface area contributed by atoms with Crippen molar-refractivity contribution in [1.82, 2.24) is 14.1 Å². The molecule has 3 aromatic carbocycles. The molecule has 3 aromatic rings. The Morgan fingerprint density at radius 1 is 0.865 bits per heavy atom. The average molecular weight is 530 g/mol. The highest BCUT2D eigenvalue weighted by atomic mass is 32.2. The third-order valence-corrected chi connectivity index (χ3v) is 8.29. The minimum Gasteiger partial charge on any atom is -0.497 e. The van der Waals surface area contributed by atoms with Crippen molar-refractivity contribution < 1.29 is 26.7 Å². The molecule has 4 rings (SSSR count). The number of halogens is 2. The molecule has 1 aliphatic heterocycles. The van der Waals surface area contributed by atoms with Gasteiger partial charge in [-0.1, -0.05) is 12.1 Å². The molecule has 1 amide bonds. The first-order valence-corrected chi connectivity index (χ1v) is 13.4. The Morgan fingerprint density at radius 3 is 2.00 bits per heavy atom. The number of carbonyl (C=O) groups is 1. The number of rotatable bonds is 9. The van der Waals surface area contributed by atoms with Crippen LogP contribution in [0.5, 0.6) is 5.75 Å². The number of ether oxygens (including phenoxy) is 1. The first-order chi connectivity index (χ1) is 17.8. The lowest BCUT2D eigenvalue weighted by Crippen LogP contribution is -2.50. The molecule has 1 fully saturated rings. The molecule has 7 nitrogen and oxygen atoms in total. The number of methoxy groups -OCH3 is 1. The number of nitrogens with zero attached hydrogens (tertiary/aromatic N) is 3. The molecule has 1 aliphatic rings. The zero-order valence-electron chi connectivity index (χ0n) is 20.5. The summed E-state index contributed by atoms with van der Waals surface area (Å²) in [7, 11) is -2.14. The molecule has 10 heteroatoms. The van der Waals surface area contributed by atoms with Gasteiger partial charge in [-0.3, -0.25) is 9.69 Å². The van der Waals surface area contributed by atoms with E-state index in [9.17, 15) is 22.0 Å². The molecule has 0 unspecified atom stereocenters. The molecule has 1 saturated heterocycles. The lowest BCUT2D eigenvalue weighted by atomic mass is 10.1. The number of carbonyl (C=O) groups excluding carboxylic acids is 1. The van der Waals surface area contributed by atoms with Gasteiger partial charge in [-0.2, -0.15) is 4.31 Å². The second-order valence-corrected chi connectivity index (χ2v) is 10.7. The van der Waals surface area contributed by atoms with Gasteiger partial charge in [-0.25, -0.2) is 17.2 Å². The van der Waals surface area contributed by atoms with E-state index in [1.54, 1.807) is 48.4 Å². The van der Waals surface area contributed by atoms with Crippen LogP contribution in [0.25, 0.3) is 0 Å². The number of benzene rings is 3. The number of piperazine rings is 1. The van der Waals surface area contributed by atoms with Crippen LogP contribution in [0, 0.1) is 11.6 Å². The smallest absolute Gasteiger partial charge is 0.254 e. The van der Waals surface area contributed by atoms with Crippen LogP contribution in [-0.4, -0.2) is 74.8 Å². The zero-order valence-corrected chi connectivity index (χ0v) is 21.3. The van der Waals surface area contributed by atoms with Gasteiger partial charge < -0.3 is 9.64 Å². The Kier molecular flexibility index (Phi) is 8.52. The molecule has 0 aromatic heterocycles. The highest BCUT2D eigenvalue weighted by Gasteiger charge is 2.29. The number of hydrogen-bond donors (Lipinski definition) is 0. The van der Waals surface area contributed by atoms with E-state index >= 15 is 0 Å². The fourth-order valence-corrected chi connectivity index (χ4v) is 5.61. The van der Waals surface area contributed by atoms with E-state index in [2.05, 4.69) is 4.90 Å². The summed E-state index contributed by atoms with van der Waals surface area (Å²) in [4.78, 5) is 17.2. The van der Waals surface area contributed by atoms with E-state index in [1.165, 1.54) is 28.6 Å². The molecule has 0 aliphatic carbocycles. The third kappa shape index (κ3) is 6.71. The van der Waals surface area contributed by atoms with Crippen LogP contribution in [0.1, 0.15) is 15.9 Å². The van der Waals surface area contributed by atoms with Crippen molar-refractivity contribution >= 4 is 15.9 Å². The summed E-state index contributed by atoms with van der Waals surface area (Å²) in [6.45, 7) is 2.86. The van der Waals surface area contributed by atoms with Gasteiger partial charge in [0.05, 0.1) is 12.0 Å². The summed E-state index contributed by atoms with van der Waals surface area (Å²) in [5.41, 5.74) is 1.32. The van der Waals surface area contributed by atoms with Gasteiger partial charge in [0.15, 0.2) is 0 Å². The second kappa shape index (κ2) is 11.8. The van der Waals surface area contributed by atoms with Crippen LogP contribution in [0.2, 0.25) is 0 Å². The summed E-state index contributed by atoms with van der Waals surface area (Å²) in [6, 6.07) is 17.7. The van der Waals surface area contributed by atoms with Gasteiger partial charge in [0.1, 0.15) is 17.4 Å². The first-order valence-electron chi connectivity index (χ1n) is 11.9. The number of sulfonamides is 1. The van der Waals surface area contributed by atoms with E-state index in [4.69, 9.17) is 4.74 Å². The van der Waals surface area contributed by atoms with Crippen molar-refractivity contribution in [2.75, 3.05) is 46.4 Å². The van der Waals surface area contributed by atoms with Crippen molar-refractivity contribution in [3.63, 3.8) is 0 Å². The van der Waals surface area contributed by atoms with Gasteiger partial charge >= 0.3 is 0 Å². The van der Waals surface area contributed by atoms with Crippen LogP contribution in [0.3, 0.4) is 0 Å². The SMILES string of the molecule is COc1ccc(C(=O)N(CCN2CCN(S(=O)(=O)c3ccc(F)cc3)CC2)Cc2ccc(F)cc2)cc1. The summed E-state index contributed by atoms with van der Waals surface area (Å²) in [5, 5.41) is 0. The monoisotopic (exact) mass is 529 g/mol. The maximum absolute atomic E-state index is 13.4. The third-order valence-electron chi connectivity index (χ3n) is 6.38. The minimum atomic E-state index is -3.70. The van der Waals surface area contributed by atoms with Gasteiger partial charge in [0.2, 0.25) is 10.0 Å². The normalized spacial score (nSPS) is 14.9. The van der Waals surface area contributed by atoms with Crippen LogP contribution in [-0.2, 0) is 16.6 Å². The summed E-state index contributed by atoms with van der Waals surface area (Å²) < 4.78 is 58.9. The van der Waals surface area contributed by atoms with Gasteiger partial charge in [-0.05, 0) is 66.2 Å². The van der Waals surface area contributed by atoms with E-state index in [1.807, 2.05) is 0 Å². The van der Waals surface area contributed by atoms with Crippen LogP contribution in [0.15, 0.2) is 77.7 Å². The summed E-state index contributed by atoms with van der Waals surface area (Å²) >= 11 is 0. The van der Waals surface area contributed by atoms with Crippen molar-refractivity contribution in [2.24, 2.45) is 0 Å². The number of amides is 1. The zero-order chi connectivity index (χ0) is 26.4. The Labute approximate surface area is 215 Å². The molecule has 0 saturated carbocycles. The topological polar surface area (TPSA) is 70.2 Å². The van der Waals surface area contributed by atoms with Gasteiger partial charge in [0, 0.05) is 51.4 Å². The lowest BCUT2D eigenvalue weighted by molar-refractivity contribution is 0.0710. The Hall–Kier alpha value is -3.34. The van der Waals surface area contributed by atoms with Crippen LogP contribution in [0.4, 0.5) is 8.78 Å². The van der Waals surface area contributed by atoms with Gasteiger partial charge in [0.25, 0.3) is 5.91 Å². The van der Waals surface area contributed by atoms with Crippen molar-refractivity contribution in [2.45, 2.75) is 11.4 Å². The predicted octanol–water partition coefficient (Wildman–Crippen LogP) is 3.62. The second-order valence-electron chi connectivity index (χ2n) is 8.78. The standard InChI is InChI=1S/C27H29F2N3O4S/c1-36-25-10-4-22(5-11-25)27(33)31(20-21-2-6-23(28)7-3-21)17-14-30-15-18-32(19-16-30)37(34,35)26-12-8-24(29)9-13-26/h2-13H,14-20H2,1H3. The molecular formula is C27H29F2N3O4S. The van der Waals surface area contributed by atoms with E-state index in [0.29, 0.717) is 57.1 Å². The first kappa shape index (κ1) is 26.7. The van der Waals surface area contributed by atoms with Crippen molar-refractivity contribution in [3.05, 3.63) is 95.6 Å². The quantitative estimate of drug-likeness (QED) is 0.424. The van der Waals surface area contributed by atoms with E-state index in [-0.39, 0.29) is 16.6 Å². The molecule has 0 N–H and O–H groups in total. The van der Waals surface area contributed by atoms with E-state index in [0.717, 1.165) is 17.7 Å². The predicted molar refractivity (Wildman–Crippen MR) is 136 cm³/mol. The summed E-state index contributed by atoms with van der Waals surface area (Å²) in [6.07, 6.45) is 0. The molecular weight excluding hydrogens is 500 g/mol. The van der Waals surface area contributed by atoms with E-state index < -0.39 is 15.8 Å². The minimum absolute atomic E-state index is 0.0675. The largest absolute Gasteiger partial charge is 0.497 e. The molecule has 0 bridgehead atoms. The van der Waals surface area contributed by atoms with Crippen molar-refractivity contribution in [3.8, 4) is 5.75 Å². The maximum atomic E-state index is 13.4. The van der Waals surface area contributed by atoms with Crippen LogP contribution >= 0.6 is 0 Å². The number of hydrogen-bond acceptors (Lipinski definition) is 5. The molecule has 0 atom stereocenters. The highest BCUT2D eigenvalue weighted by molar-refractivity contribution is 7.89. The molecule has 0 spiro atoms. The fraction of sp³-hybridized carbons (Fsp3) is 0.296. The summed E-state index contributed by atoms with van der Waals surface area (Å²) in [5.74, 6) is -0.344. The van der Waals surface area contributed by atoms with Gasteiger partial charge in [-0.15, -0.1) is 0 Å².